The molecule has 6 rings (SSSR count). The number of rotatable bonds is 1. The predicted molar refractivity (Wildman–Crippen MR) is 118 cm³/mol. The minimum Gasteiger partial charge on any atom is -0.466 e. The molecule has 4 aliphatic carbocycles. The lowest BCUT2D eigenvalue weighted by atomic mass is 9.44. The Morgan fingerprint density at radius 2 is 1.91 bits per heavy atom. The van der Waals surface area contributed by atoms with Crippen molar-refractivity contribution in [3.05, 3.63) is 35.3 Å². The smallest absolute Gasteiger partial charge is 0.306 e. The number of aryl methyl sites for hydroxylation is 1. The van der Waals surface area contributed by atoms with E-state index in [1.165, 1.54) is 5.57 Å². The van der Waals surface area contributed by atoms with Crippen molar-refractivity contribution >= 4 is 11.8 Å². The van der Waals surface area contributed by atoms with Crippen LogP contribution in [0.1, 0.15) is 82.7 Å². The Bertz CT molecular complexity index is 1020. The van der Waals surface area contributed by atoms with Crippen LogP contribution in [0.3, 0.4) is 0 Å². The summed E-state index contributed by atoms with van der Waals surface area (Å²) >= 11 is 0. The van der Waals surface area contributed by atoms with E-state index in [-0.39, 0.29) is 34.6 Å². The van der Waals surface area contributed by atoms with Crippen LogP contribution in [0, 0.1) is 35.5 Å². The maximum atomic E-state index is 12.4. The molecule has 1 aliphatic heterocycles. The Hall–Kier alpha value is -1.88. The van der Waals surface area contributed by atoms with Gasteiger partial charge < -0.3 is 14.3 Å². The molecular weight excluding hydrogens is 404 g/mol. The average molecular weight is 439 g/mol. The highest BCUT2D eigenvalue weighted by atomic mass is 16.6. The summed E-state index contributed by atoms with van der Waals surface area (Å²) in [6.45, 7) is 6.51. The summed E-state index contributed by atoms with van der Waals surface area (Å²) < 4.78 is 12.2. The highest BCUT2D eigenvalue weighted by Gasteiger charge is 2.70. The number of fused-ring (bicyclic) bond motifs is 6. The zero-order valence-corrected chi connectivity index (χ0v) is 19.4. The van der Waals surface area contributed by atoms with Crippen LogP contribution in [0.4, 0.5) is 0 Å². The number of esters is 1. The van der Waals surface area contributed by atoms with Crippen LogP contribution >= 0.6 is 0 Å². The number of aliphatic hydroxyl groups is 1. The first kappa shape index (κ1) is 20.7. The third-order valence-corrected chi connectivity index (χ3v) is 10.4. The summed E-state index contributed by atoms with van der Waals surface area (Å²) in [6.07, 6.45) is 7.52. The Morgan fingerprint density at radius 3 is 2.59 bits per heavy atom. The molecule has 32 heavy (non-hydrogen) atoms. The van der Waals surface area contributed by atoms with Gasteiger partial charge in [0.05, 0.1) is 6.10 Å². The van der Waals surface area contributed by atoms with E-state index in [0.29, 0.717) is 37.4 Å². The second-order valence-electron chi connectivity index (χ2n) is 11.7. The van der Waals surface area contributed by atoms with Crippen LogP contribution in [0.25, 0.3) is 0 Å². The van der Waals surface area contributed by atoms with Gasteiger partial charge in [-0.3, -0.25) is 9.59 Å². The van der Waals surface area contributed by atoms with Gasteiger partial charge >= 0.3 is 5.97 Å². The van der Waals surface area contributed by atoms with E-state index in [1.54, 1.807) is 0 Å². The molecule has 172 valence electrons. The molecule has 0 aromatic carbocycles. The topological polar surface area (TPSA) is 76.7 Å². The Balaban J connectivity index is 1.51. The van der Waals surface area contributed by atoms with Crippen molar-refractivity contribution in [1.82, 2.24) is 0 Å². The number of hydrogen-bond donors (Lipinski definition) is 1. The van der Waals surface area contributed by atoms with Gasteiger partial charge in [0.1, 0.15) is 22.9 Å². The van der Waals surface area contributed by atoms with Gasteiger partial charge in [0.25, 0.3) is 0 Å². The number of carbonyl (C=O) groups excluding carboxylic acids is 2. The number of ketones is 1. The van der Waals surface area contributed by atoms with Gasteiger partial charge in [-0.2, -0.15) is 0 Å². The van der Waals surface area contributed by atoms with Crippen molar-refractivity contribution in [2.45, 2.75) is 89.8 Å². The molecule has 1 saturated heterocycles. The van der Waals surface area contributed by atoms with Gasteiger partial charge in [-0.1, -0.05) is 25.5 Å². The summed E-state index contributed by atoms with van der Waals surface area (Å²) in [5.41, 5.74) is 0.333. The lowest BCUT2D eigenvalue weighted by Crippen LogP contribution is -2.60. The minimum absolute atomic E-state index is 0.0363. The largest absolute Gasteiger partial charge is 0.466 e. The summed E-state index contributed by atoms with van der Waals surface area (Å²) in [5, 5.41) is 11.8. The van der Waals surface area contributed by atoms with Crippen LogP contribution in [0.15, 0.2) is 28.2 Å². The van der Waals surface area contributed by atoms with Crippen molar-refractivity contribution in [3.63, 3.8) is 0 Å². The highest BCUT2D eigenvalue weighted by Crippen LogP contribution is 2.71. The molecule has 4 fully saturated rings. The molecule has 1 spiro atoms. The maximum absolute atomic E-state index is 12.4. The summed E-state index contributed by atoms with van der Waals surface area (Å²) in [7, 11) is 0. The van der Waals surface area contributed by atoms with E-state index in [1.807, 2.05) is 13.0 Å². The van der Waals surface area contributed by atoms with Crippen molar-refractivity contribution < 1.29 is 23.8 Å². The van der Waals surface area contributed by atoms with E-state index in [2.05, 4.69) is 26.0 Å². The monoisotopic (exact) mass is 438 g/mol. The fourth-order valence-electron chi connectivity index (χ4n) is 8.80. The van der Waals surface area contributed by atoms with E-state index in [0.717, 1.165) is 37.2 Å². The quantitative estimate of drug-likeness (QED) is 0.500. The first-order valence-electron chi connectivity index (χ1n) is 12.4. The molecule has 0 radical (unpaired) electrons. The zero-order valence-electron chi connectivity index (χ0n) is 19.4. The van der Waals surface area contributed by atoms with Crippen molar-refractivity contribution in [2.24, 2.45) is 28.6 Å². The van der Waals surface area contributed by atoms with Crippen LogP contribution < -0.4 is 0 Å². The summed E-state index contributed by atoms with van der Waals surface area (Å²) in [4.78, 5) is 24.6. The van der Waals surface area contributed by atoms with E-state index in [9.17, 15) is 14.7 Å². The maximum Gasteiger partial charge on any atom is 0.306 e. The number of carbonyl (C=O) groups is 2. The number of furan rings is 1. The minimum atomic E-state index is -0.490. The Morgan fingerprint density at radius 1 is 1.09 bits per heavy atom. The average Bonchev–Trinajstić information content (AvgIpc) is 3.40. The summed E-state index contributed by atoms with van der Waals surface area (Å²) in [6, 6.07) is 4.08. The molecule has 1 N–H and O–H groups in total. The van der Waals surface area contributed by atoms with Gasteiger partial charge in [0.2, 0.25) is 0 Å². The predicted octanol–water partition coefficient (Wildman–Crippen LogP) is 4.86. The van der Waals surface area contributed by atoms with Crippen molar-refractivity contribution in [2.75, 3.05) is 0 Å². The van der Waals surface area contributed by atoms with Gasteiger partial charge in [0, 0.05) is 30.6 Å². The van der Waals surface area contributed by atoms with Gasteiger partial charge in [-0.15, -0.1) is 0 Å². The van der Waals surface area contributed by atoms with E-state index in [4.69, 9.17) is 9.15 Å². The van der Waals surface area contributed by atoms with Crippen molar-refractivity contribution in [3.8, 4) is 0 Å². The highest BCUT2D eigenvalue weighted by molar-refractivity contribution is 5.83. The van der Waals surface area contributed by atoms with Crippen LogP contribution in [-0.2, 0) is 14.3 Å². The van der Waals surface area contributed by atoms with E-state index < -0.39 is 11.7 Å². The lowest BCUT2D eigenvalue weighted by Gasteiger charge is -2.61. The second kappa shape index (κ2) is 6.59. The molecule has 5 heteroatoms. The molecule has 8 atom stereocenters. The van der Waals surface area contributed by atoms with Crippen LogP contribution in [-0.4, -0.2) is 28.6 Å². The van der Waals surface area contributed by atoms with Crippen molar-refractivity contribution in [1.29, 1.82) is 0 Å². The Labute approximate surface area is 189 Å². The first-order valence-corrected chi connectivity index (χ1v) is 12.4. The normalized spacial score (nSPS) is 47.6. The van der Waals surface area contributed by atoms with E-state index >= 15 is 0 Å². The fourth-order valence-corrected chi connectivity index (χ4v) is 8.80. The van der Waals surface area contributed by atoms with Gasteiger partial charge in [-0.05, 0) is 74.3 Å². The summed E-state index contributed by atoms with van der Waals surface area (Å²) in [5.74, 6) is 2.69. The lowest BCUT2D eigenvalue weighted by molar-refractivity contribution is -0.184. The van der Waals surface area contributed by atoms with Crippen LogP contribution in [0.5, 0.6) is 0 Å². The second-order valence-corrected chi connectivity index (χ2v) is 11.7. The Kier molecular flexibility index (Phi) is 4.26. The molecule has 0 amide bonds. The molecule has 1 unspecified atom stereocenters. The third kappa shape index (κ3) is 2.55. The molecule has 5 nitrogen and oxygen atoms in total. The number of Topliss-reactive ketones (excluding diaryl/α,β-unsaturated/α-hetero) is 1. The molecule has 0 bridgehead atoms. The third-order valence-electron chi connectivity index (χ3n) is 10.4. The number of hydrogen-bond acceptors (Lipinski definition) is 5. The molecular formula is C27H34O5. The number of ether oxygens (including phenoxy) is 1. The van der Waals surface area contributed by atoms with Gasteiger partial charge in [0.15, 0.2) is 0 Å². The zero-order chi connectivity index (χ0) is 22.5. The van der Waals surface area contributed by atoms with Crippen LogP contribution in [0.2, 0.25) is 0 Å². The fraction of sp³-hybridized carbons (Fsp3) is 0.704. The molecule has 3 saturated carbocycles. The standard InChI is InChI=1S/C27H34O5/c1-15-4-5-21(31-15)18-13-16-12-17(28)6-9-25(16,2)24-20(29)14-26(3)19(23(18)24)7-10-27(26)11-8-22(30)32-27/h4-5,13,18-20,23-24,29H,6-12,14H2,1-3H3/t18-,19-,20+,23-,24?,25-,26-,27+/m0/s1. The molecule has 2 heterocycles. The number of allylic oxidation sites excluding steroid dienone is 2. The van der Waals surface area contributed by atoms with Gasteiger partial charge in [-0.25, -0.2) is 0 Å². The number of aliphatic hydroxyl groups excluding tert-OH is 1. The molecule has 5 aliphatic rings. The first-order chi connectivity index (χ1) is 15.2. The molecule has 1 aromatic rings. The SMILES string of the molecule is Cc1ccc([C@@H]2C=C3CC(=O)CC[C@]3(C)C3[C@@H]2[C@@H]2CC[C@@]4(CCC(=O)O4)[C@@]2(C)C[C@H]3O)o1. The molecule has 1 aromatic heterocycles.